The minimum Gasteiger partial charge on any atom is -0.465 e. The molecule has 1 saturated heterocycles. The average Bonchev–Trinajstić information content (AvgIpc) is 1.94. The van der Waals surface area contributed by atoms with Crippen molar-refractivity contribution >= 4 is 12.0 Å². The van der Waals surface area contributed by atoms with Gasteiger partial charge in [-0.3, -0.25) is 4.79 Å². The van der Waals surface area contributed by atoms with Crippen LogP contribution >= 0.6 is 0 Å². The van der Waals surface area contributed by atoms with Crippen molar-refractivity contribution in [2.45, 2.75) is 18.5 Å². The Labute approximate surface area is 69.1 Å². The standard InChI is InChI=1S/C6H11N3O3/c7-3-1-5(10)8-2-4(3)9-6(11)12/h3-4,9H,1-2,7H2,(H,8,10)(H,11,12)/t3-,4+/m1/s1. The van der Waals surface area contributed by atoms with E-state index in [4.69, 9.17) is 10.8 Å². The molecule has 2 atom stereocenters. The van der Waals surface area contributed by atoms with Crippen molar-refractivity contribution in [3.63, 3.8) is 0 Å². The van der Waals surface area contributed by atoms with E-state index >= 15 is 0 Å². The van der Waals surface area contributed by atoms with E-state index in [1.165, 1.54) is 0 Å². The maximum absolute atomic E-state index is 10.7. The Morgan fingerprint density at radius 2 is 2.42 bits per heavy atom. The van der Waals surface area contributed by atoms with Crippen LogP contribution < -0.4 is 16.4 Å². The number of piperidine rings is 1. The number of carbonyl (C=O) groups excluding carboxylic acids is 1. The summed E-state index contributed by atoms with van der Waals surface area (Å²) in [5.41, 5.74) is 5.53. The van der Waals surface area contributed by atoms with Crippen LogP contribution in [0.3, 0.4) is 0 Å². The smallest absolute Gasteiger partial charge is 0.404 e. The third-order valence-electron chi connectivity index (χ3n) is 1.77. The molecule has 1 rings (SSSR count). The quantitative estimate of drug-likeness (QED) is 0.386. The number of rotatable bonds is 1. The van der Waals surface area contributed by atoms with Gasteiger partial charge in [0.05, 0.1) is 6.04 Å². The van der Waals surface area contributed by atoms with E-state index < -0.39 is 12.1 Å². The highest BCUT2D eigenvalue weighted by atomic mass is 16.4. The van der Waals surface area contributed by atoms with E-state index in [9.17, 15) is 9.59 Å². The largest absolute Gasteiger partial charge is 0.465 e. The lowest BCUT2D eigenvalue weighted by atomic mass is 10.0. The summed E-state index contributed by atoms with van der Waals surface area (Å²) in [4.78, 5) is 21.0. The first-order valence-corrected chi connectivity index (χ1v) is 3.61. The molecule has 0 unspecified atom stereocenters. The van der Waals surface area contributed by atoms with Crippen LogP contribution in [0.5, 0.6) is 0 Å². The molecule has 6 heteroatoms. The van der Waals surface area contributed by atoms with E-state index in [0.717, 1.165) is 0 Å². The molecule has 0 bridgehead atoms. The molecule has 0 saturated carbocycles. The summed E-state index contributed by atoms with van der Waals surface area (Å²) in [7, 11) is 0. The van der Waals surface area contributed by atoms with Gasteiger partial charge in [0.25, 0.3) is 0 Å². The van der Waals surface area contributed by atoms with Crippen LogP contribution in [-0.4, -0.2) is 35.7 Å². The zero-order chi connectivity index (χ0) is 9.14. The Hall–Kier alpha value is -1.30. The maximum Gasteiger partial charge on any atom is 0.404 e. The average molecular weight is 173 g/mol. The molecule has 6 nitrogen and oxygen atoms in total. The lowest BCUT2D eigenvalue weighted by Crippen LogP contribution is -2.58. The van der Waals surface area contributed by atoms with Crippen LogP contribution in [0.4, 0.5) is 4.79 Å². The number of carbonyl (C=O) groups is 2. The minimum atomic E-state index is -1.12. The van der Waals surface area contributed by atoms with Crippen LogP contribution in [0.1, 0.15) is 6.42 Å². The Bertz CT molecular complexity index is 206. The molecule has 1 fully saturated rings. The summed E-state index contributed by atoms with van der Waals surface area (Å²) in [5.74, 6) is -0.133. The van der Waals surface area contributed by atoms with Crippen LogP contribution in [0.25, 0.3) is 0 Å². The molecule has 0 aromatic heterocycles. The van der Waals surface area contributed by atoms with Crippen LogP contribution in [-0.2, 0) is 4.79 Å². The van der Waals surface area contributed by atoms with Crippen molar-refractivity contribution in [1.29, 1.82) is 0 Å². The third-order valence-corrected chi connectivity index (χ3v) is 1.77. The Morgan fingerprint density at radius 1 is 1.75 bits per heavy atom. The predicted octanol–water partition coefficient (Wildman–Crippen LogP) is -1.53. The second kappa shape index (κ2) is 3.40. The summed E-state index contributed by atoms with van der Waals surface area (Å²) in [6.45, 7) is 0.270. The molecule has 5 N–H and O–H groups in total. The first-order valence-electron chi connectivity index (χ1n) is 3.61. The number of nitrogens with one attached hydrogen (secondary N) is 2. The lowest BCUT2D eigenvalue weighted by Gasteiger charge is -2.28. The zero-order valence-corrected chi connectivity index (χ0v) is 6.41. The van der Waals surface area contributed by atoms with E-state index in [1.807, 2.05) is 0 Å². The molecule has 0 aromatic rings. The Kier molecular flexibility index (Phi) is 2.49. The van der Waals surface area contributed by atoms with Crippen molar-refractivity contribution in [3.8, 4) is 0 Å². The SMILES string of the molecule is N[C@@H]1CC(=O)NC[C@@H]1NC(=O)O. The van der Waals surface area contributed by atoms with Crippen molar-refractivity contribution in [2.75, 3.05) is 6.54 Å². The van der Waals surface area contributed by atoms with Gasteiger partial charge in [-0.25, -0.2) is 4.79 Å². The van der Waals surface area contributed by atoms with Crippen LogP contribution in [0.2, 0.25) is 0 Å². The van der Waals surface area contributed by atoms with Crippen molar-refractivity contribution in [1.82, 2.24) is 10.6 Å². The van der Waals surface area contributed by atoms with Crippen molar-refractivity contribution < 1.29 is 14.7 Å². The summed E-state index contributed by atoms with van der Waals surface area (Å²) >= 11 is 0. The van der Waals surface area contributed by atoms with Gasteiger partial charge in [-0.1, -0.05) is 0 Å². The van der Waals surface area contributed by atoms with E-state index in [-0.39, 0.29) is 24.9 Å². The third kappa shape index (κ3) is 2.09. The number of hydrogen-bond acceptors (Lipinski definition) is 3. The highest BCUT2D eigenvalue weighted by Gasteiger charge is 2.26. The molecule has 0 radical (unpaired) electrons. The predicted molar refractivity (Wildman–Crippen MR) is 40.6 cm³/mol. The van der Waals surface area contributed by atoms with Crippen LogP contribution in [0, 0.1) is 0 Å². The molecule has 1 heterocycles. The van der Waals surface area contributed by atoms with Gasteiger partial charge < -0.3 is 21.5 Å². The van der Waals surface area contributed by atoms with Crippen LogP contribution in [0.15, 0.2) is 0 Å². The molecule has 0 aromatic carbocycles. The second-order valence-electron chi connectivity index (χ2n) is 2.73. The molecule has 68 valence electrons. The molecule has 12 heavy (non-hydrogen) atoms. The molecule has 0 spiro atoms. The van der Waals surface area contributed by atoms with Crippen molar-refractivity contribution in [3.05, 3.63) is 0 Å². The molecular formula is C6H11N3O3. The monoisotopic (exact) mass is 173 g/mol. The van der Waals surface area contributed by atoms with E-state index in [2.05, 4.69) is 10.6 Å². The first-order chi connectivity index (χ1) is 5.59. The molecule has 0 aliphatic carbocycles. The minimum absolute atomic E-state index is 0.133. The highest BCUT2D eigenvalue weighted by molar-refractivity contribution is 5.78. The van der Waals surface area contributed by atoms with Gasteiger partial charge in [-0.15, -0.1) is 0 Å². The fraction of sp³-hybridized carbons (Fsp3) is 0.667. The summed E-state index contributed by atoms with van der Waals surface area (Å²) < 4.78 is 0. The lowest BCUT2D eigenvalue weighted by molar-refractivity contribution is -0.122. The Morgan fingerprint density at radius 3 is 2.92 bits per heavy atom. The number of hydrogen-bond donors (Lipinski definition) is 4. The van der Waals surface area contributed by atoms with E-state index in [1.54, 1.807) is 0 Å². The van der Waals surface area contributed by atoms with Gasteiger partial charge in [-0.2, -0.15) is 0 Å². The number of carboxylic acid groups (broad SMARTS) is 1. The van der Waals surface area contributed by atoms with Gasteiger partial charge in [0.2, 0.25) is 5.91 Å². The zero-order valence-electron chi connectivity index (χ0n) is 6.41. The van der Waals surface area contributed by atoms with Gasteiger partial charge in [0, 0.05) is 19.0 Å². The van der Waals surface area contributed by atoms with Gasteiger partial charge in [0.1, 0.15) is 0 Å². The highest BCUT2D eigenvalue weighted by Crippen LogP contribution is 2.01. The fourth-order valence-electron chi connectivity index (χ4n) is 1.12. The summed E-state index contributed by atoms with van der Waals surface area (Å²) in [6, 6.07) is -0.796. The molecule has 1 aliphatic heterocycles. The molecule has 2 amide bonds. The molecule has 1 aliphatic rings. The maximum atomic E-state index is 10.7. The second-order valence-corrected chi connectivity index (χ2v) is 2.73. The summed E-state index contributed by atoms with van der Waals surface area (Å²) in [5, 5.41) is 13.1. The van der Waals surface area contributed by atoms with Crippen molar-refractivity contribution in [2.24, 2.45) is 5.73 Å². The Balaban J connectivity index is 2.45. The van der Waals surface area contributed by atoms with E-state index in [0.29, 0.717) is 0 Å². The number of amides is 2. The van der Waals surface area contributed by atoms with Gasteiger partial charge in [-0.05, 0) is 0 Å². The number of nitrogens with two attached hydrogens (primary N) is 1. The topological polar surface area (TPSA) is 104 Å². The normalized spacial score (nSPS) is 29.2. The molecular weight excluding hydrogens is 162 g/mol. The van der Waals surface area contributed by atoms with Gasteiger partial charge in [0.15, 0.2) is 0 Å². The fourth-order valence-corrected chi connectivity index (χ4v) is 1.12. The summed E-state index contributed by atoms with van der Waals surface area (Å²) in [6.07, 6.45) is -0.947. The first kappa shape index (κ1) is 8.79. The van der Waals surface area contributed by atoms with Gasteiger partial charge >= 0.3 is 6.09 Å².